The van der Waals surface area contributed by atoms with Crippen LogP contribution >= 0.6 is 0 Å². The molecule has 15 nitrogen and oxygen atoms in total. The number of nitrogens with zero attached hydrogens (tertiary/aromatic N) is 3. The van der Waals surface area contributed by atoms with Crippen molar-refractivity contribution in [2.45, 2.75) is 58.2 Å². The van der Waals surface area contributed by atoms with Crippen molar-refractivity contribution in [1.82, 2.24) is 14.9 Å². The van der Waals surface area contributed by atoms with Crippen LogP contribution in [-0.4, -0.2) is 50.7 Å². The number of hydrogen-bond acceptors (Lipinski definition) is 15. The average molecular weight is 1470 g/mol. The number of ether oxygens (including phenoxy) is 6. The maximum atomic E-state index is 15.2. The first-order valence-electron chi connectivity index (χ1n) is 36.8. The largest absolute Gasteiger partial charge is 0.422 e. The molecule has 0 radical (unpaired) electrons. The van der Waals surface area contributed by atoms with Crippen LogP contribution in [0.25, 0.3) is 0 Å². The Hall–Kier alpha value is -14.3. The van der Waals surface area contributed by atoms with Crippen LogP contribution < -0.4 is 28.4 Å². The van der Waals surface area contributed by atoms with Crippen molar-refractivity contribution >= 4 is 35.8 Å². The zero-order valence-electron chi connectivity index (χ0n) is 60.9. The standard InChI is InChI=1S/C97H73N3O12/c101-92(66-28-7-1-8-29-66)107-86-72-40-23-41-73(86)57-75-43-25-45-77(88(75)109-94(103)68-32-11-3-12-33-68)59-79-47-27-49-81(90(79)111-96(105)70-36-15-5-16-37-70)61-83-55-65(62-100(63-84-50-19-21-52-98-84)64-85-51-20-22-53-99-85)54-82(91(83)112-97(106)71-38-17-6-18-39-71)60-80-48-26-46-78(89(80)110-95(104)69-34-13-4-14-35-69)58-76-44-24-42-74(56-72)87(76)108-93(102)67-30-9-2-10-31-67/h1-55H,56-64H2. The molecule has 1 aliphatic rings. The smallest absolute Gasteiger partial charge is 0.343 e. The Labute approximate surface area is 647 Å². The number of hydrogen-bond donors (Lipinski definition) is 0. The second-order valence-electron chi connectivity index (χ2n) is 27.2. The molecule has 12 aromatic carbocycles. The SMILES string of the molecule is O=C(Oc1c2cccc1Cc1cccc(c1OC(=O)c1ccccc1)Cc1cccc(c1OC(=O)c1ccccc1)Cc1cc(CN(Cc3ccccn3)Cc3ccccn3)cc(c1OC(=O)c1ccccc1)Cc1cccc(c1OC(=O)c1ccccc1)Cc1cccc(c1OC(=O)c1ccccc1)C2)c1ccccc1. The summed E-state index contributed by atoms with van der Waals surface area (Å²) in [4.78, 5) is 101. The van der Waals surface area contributed by atoms with Crippen molar-refractivity contribution in [2.75, 3.05) is 0 Å². The summed E-state index contributed by atoms with van der Waals surface area (Å²) in [6.07, 6.45) is 3.59. The zero-order valence-corrected chi connectivity index (χ0v) is 60.9. The minimum Gasteiger partial charge on any atom is -0.422 e. The van der Waals surface area contributed by atoms with Crippen LogP contribution in [-0.2, 0) is 58.2 Å². The number of benzene rings is 12. The molecular weight excluding hydrogens is 1400 g/mol. The highest BCUT2D eigenvalue weighted by molar-refractivity contribution is 5.95. The number of pyridine rings is 2. The number of esters is 6. The monoisotopic (exact) mass is 1470 g/mol. The number of para-hydroxylation sites is 5. The van der Waals surface area contributed by atoms with Gasteiger partial charge < -0.3 is 28.4 Å². The van der Waals surface area contributed by atoms with Crippen molar-refractivity contribution in [1.29, 1.82) is 0 Å². The molecule has 112 heavy (non-hydrogen) atoms. The van der Waals surface area contributed by atoms with Gasteiger partial charge in [0.1, 0.15) is 34.5 Å². The summed E-state index contributed by atoms with van der Waals surface area (Å²) in [6, 6.07) is 95.5. The quantitative estimate of drug-likeness (QED) is 0.0583. The molecule has 0 saturated heterocycles. The lowest BCUT2D eigenvalue weighted by molar-refractivity contribution is 0.0720. The Kier molecular flexibility index (Phi) is 22.7. The third kappa shape index (κ3) is 17.8. The molecule has 0 amide bonds. The summed E-state index contributed by atoms with van der Waals surface area (Å²) in [5, 5.41) is 0. The first-order chi connectivity index (χ1) is 55.0. The van der Waals surface area contributed by atoms with Gasteiger partial charge in [0.25, 0.3) is 0 Å². The molecule has 12 bridgehead atoms. The molecule has 0 saturated carbocycles. The van der Waals surface area contributed by atoms with Gasteiger partial charge in [0, 0.05) is 81.7 Å². The van der Waals surface area contributed by atoms with E-state index in [4.69, 9.17) is 38.4 Å². The number of carbonyl (C=O) groups is 6. The lowest BCUT2D eigenvalue weighted by Gasteiger charge is -2.25. The van der Waals surface area contributed by atoms with Gasteiger partial charge in [-0.1, -0.05) is 224 Å². The predicted molar refractivity (Wildman–Crippen MR) is 425 cm³/mol. The molecule has 0 unspecified atom stereocenters. The first kappa shape index (κ1) is 73.2. The number of aromatic nitrogens is 2. The highest BCUT2D eigenvalue weighted by Gasteiger charge is 2.29. The normalized spacial score (nSPS) is 11.8. The van der Waals surface area contributed by atoms with Gasteiger partial charge in [0.05, 0.1) is 44.8 Å². The van der Waals surface area contributed by atoms with E-state index in [0.29, 0.717) is 86.4 Å². The Morgan fingerprint density at radius 1 is 0.223 bits per heavy atom. The summed E-state index contributed by atoms with van der Waals surface area (Å²) in [6.45, 7) is 1.10. The molecule has 0 N–H and O–H groups in total. The van der Waals surface area contributed by atoms with E-state index in [9.17, 15) is 24.0 Å². The van der Waals surface area contributed by atoms with E-state index in [1.54, 1.807) is 158 Å². The Morgan fingerprint density at radius 2 is 0.420 bits per heavy atom. The lowest BCUT2D eigenvalue weighted by atomic mass is 9.90. The summed E-state index contributed by atoms with van der Waals surface area (Å²) in [7, 11) is 0. The molecule has 0 fully saturated rings. The average Bonchev–Trinajstić information content (AvgIpc) is 0.786. The molecule has 15 heteroatoms. The van der Waals surface area contributed by atoms with Gasteiger partial charge in [-0.2, -0.15) is 0 Å². The molecule has 0 spiro atoms. The van der Waals surface area contributed by atoms with E-state index < -0.39 is 35.8 Å². The van der Waals surface area contributed by atoms with Crippen LogP contribution in [0.1, 0.15) is 146 Å². The van der Waals surface area contributed by atoms with Crippen molar-refractivity contribution < 1.29 is 57.2 Å². The van der Waals surface area contributed by atoms with Crippen molar-refractivity contribution in [3.05, 3.63) is 451 Å². The topological polar surface area (TPSA) is 187 Å². The fourth-order valence-corrected chi connectivity index (χ4v) is 14.0. The van der Waals surface area contributed by atoms with E-state index in [2.05, 4.69) is 4.90 Å². The second-order valence-corrected chi connectivity index (χ2v) is 27.2. The van der Waals surface area contributed by atoms with Gasteiger partial charge in [-0.15, -0.1) is 0 Å². The summed E-state index contributed by atoms with van der Waals surface area (Å²) >= 11 is 0. The molecule has 2 heterocycles. The third-order valence-corrected chi connectivity index (χ3v) is 19.3. The second kappa shape index (κ2) is 34.7. The van der Waals surface area contributed by atoms with Gasteiger partial charge >= 0.3 is 35.8 Å². The lowest BCUT2D eigenvalue weighted by Crippen LogP contribution is -2.24. The number of carbonyl (C=O) groups excluding carboxylic acids is 6. The highest BCUT2D eigenvalue weighted by Crippen LogP contribution is 2.43. The van der Waals surface area contributed by atoms with Crippen molar-refractivity contribution in [2.24, 2.45) is 0 Å². The molecule has 14 aromatic rings. The third-order valence-electron chi connectivity index (χ3n) is 19.3. The van der Waals surface area contributed by atoms with Crippen LogP contribution in [0, 0.1) is 0 Å². The van der Waals surface area contributed by atoms with Crippen LogP contribution in [0.5, 0.6) is 34.5 Å². The summed E-state index contributed by atoms with van der Waals surface area (Å²) in [5.41, 5.74) is 10.4. The number of fused-ring (bicyclic) bond motifs is 12. The van der Waals surface area contributed by atoms with E-state index in [1.165, 1.54) is 0 Å². The molecular formula is C97H73N3O12. The van der Waals surface area contributed by atoms with E-state index >= 15 is 4.79 Å². The molecule has 548 valence electrons. The van der Waals surface area contributed by atoms with Gasteiger partial charge in [0.2, 0.25) is 0 Å². The van der Waals surface area contributed by atoms with Gasteiger partial charge in [-0.25, -0.2) is 28.8 Å². The van der Waals surface area contributed by atoms with Crippen LogP contribution in [0.2, 0.25) is 0 Å². The van der Waals surface area contributed by atoms with Crippen molar-refractivity contribution in [3.8, 4) is 34.5 Å². The van der Waals surface area contributed by atoms with E-state index in [-0.39, 0.29) is 106 Å². The van der Waals surface area contributed by atoms with Crippen LogP contribution in [0.15, 0.2) is 334 Å². The Morgan fingerprint density at radius 3 is 0.625 bits per heavy atom. The first-order valence-corrected chi connectivity index (χ1v) is 36.8. The summed E-state index contributed by atoms with van der Waals surface area (Å²) < 4.78 is 40.5. The molecule has 2 aromatic heterocycles. The maximum Gasteiger partial charge on any atom is 0.343 e. The fraction of sp³-hybridized carbons (Fsp3) is 0.0928. The van der Waals surface area contributed by atoms with Gasteiger partial charge in [-0.3, -0.25) is 14.9 Å². The molecule has 0 aliphatic heterocycles. The van der Waals surface area contributed by atoms with Gasteiger partial charge in [0.15, 0.2) is 0 Å². The molecule has 1 aliphatic carbocycles. The van der Waals surface area contributed by atoms with E-state index in [1.807, 2.05) is 176 Å². The predicted octanol–water partition coefficient (Wildman–Crippen LogP) is 18.9. The maximum absolute atomic E-state index is 15.2. The summed E-state index contributed by atoms with van der Waals surface area (Å²) in [5.74, 6) is -2.70. The Balaban J connectivity index is 0.988. The van der Waals surface area contributed by atoms with E-state index in [0.717, 1.165) is 17.0 Å². The Bertz CT molecular complexity index is 5440. The minimum absolute atomic E-state index is 0.0165. The minimum atomic E-state index is -0.660. The van der Waals surface area contributed by atoms with Crippen molar-refractivity contribution in [3.63, 3.8) is 0 Å². The van der Waals surface area contributed by atoms with Crippen LogP contribution in [0.4, 0.5) is 0 Å². The zero-order chi connectivity index (χ0) is 76.5. The van der Waals surface area contributed by atoms with Crippen LogP contribution in [0.3, 0.4) is 0 Å². The molecule has 0 atom stereocenters. The molecule has 15 rings (SSSR count). The highest BCUT2D eigenvalue weighted by atomic mass is 16.6. The fourth-order valence-electron chi connectivity index (χ4n) is 14.0. The number of rotatable bonds is 18. The van der Waals surface area contributed by atoms with Gasteiger partial charge in [-0.05, 0) is 158 Å².